The highest BCUT2D eigenvalue weighted by Crippen LogP contribution is 2.20. The zero-order valence-corrected chi connectivity index (χ0v) is 17.8. The highest BCUT2D eigenvalue weighted by Gasteiger charge is 2.24. The molecule has 0 spiro atoms. The molecule has 2 amide bonds. The van der Waals surface area contributed by atoms with Crippen LogP contribution >= 0.6 is 0 Å². The fraction of sp³-hybridized carbons (Fsp3) is 0.280. The number of para-hydroxylation sites is 1. The molecule has 32 heavy (non-hydrogen) atoms. The number of hydrogen-bond acceptors (Lipinski definition) is 4. The number of benzene rings is 2. The van der Waals surface area contributed by atoms with Crippen molar-refractivity contribution in [2.75, 3.05) is 37.6 Å². The van der Waals surface area contributed by atoms with E-state index in [2.05, 4.69) is 0 Å². The van der Waals surface area contributed by atoms with E-state index >= 15 is 0 Å². The topological polar surface area (TPSA) is 57.0 Å². The van der Waals surface area contributed by atoms with Crippen molar-refractivity contribution in [3.63, 3.8) is 0 Å². The Labute approximate surface area is 186 Å². The number of anilines is 1. The van der Waals surface area contributed by atoms with Crippen molar-refractivity contribution >= 4 is 17.5 Å². The molecule has 0 radical (unpaired) electrons. The minimum atomic E-state index is -0.249. The van der Waals surface area contributed by atoms with Gasteiger partial charge in [-0.2, -0.15) is 0 Å². The molecule has 1 aromatic heterocycles. The summed E-state index contributed by atoms with van der Waals surface area (Å²) in [7, 11) is 0. The molecule has 7 heteroatoms. The first-order valence-corrected chi connectivity index (χ1v) is 10.7. The van der Waals surface area contributed by atoms with Crippen LogP contribution in [-0.2, 0) is 11.3 Å². The van der Waals surface area contributed by atoms with Gasteiger partial charge in [0.15, 0.2) is 0 Å². The Balaban J connectivity index is 1.35. The Morgan fingerprint density at radius 3 is 2.34 bits per heavy atom. The van der Waals surface area contributed by atoms with Crippen LogP contribution < -0.4 is 4.90 Å². The fourth-order valence-electron chi connectivity index (χ4n) is 3.92. The minimum Gasteiger partial charge on any atom is -0.472 e. The Morgan fingerprint density at radius 1 is 0.938 bits per heavy atom. The summed E-state index contributed by atoms with van der Waals surface area (Å²) < 4.78 is 19.1. The van der Waals surface area contributed by atoms with Crippen LogP contribution in [-0.4, -0.2) is 54.3 Å². The van der Waals surface area contributed by atoms with Crippen LogP contribution in [0.4, 0.5) is 10.1 Å². The third kappa shape index (κ3) is 5.17. The average molecular weight is 435 g/mol. The molecule has 2 aromatic carbocycles. The number of carbonyl (C=O) groups excluding carboxylic acids is 2. The van der Waals surface area contributed by atoms with Crippen LogP contribution in [0.1, 0.15) is 22.3 Å². The average Bonchev–Trinajstić information content (AvgIpc) is 3.37. The van der Waals surface area contributed by atoms with Gasteiger partial charge in [0.1, 0.15) is 12.1 Å². The van der Waals surface area contributed by atoms with Crippen molar-refractivity contribution < 1.29 is 18.4 Å². The summed E-state index contributed by atoms with van der Waals surface area (Å²) in [5, 5.41) is 0. The number of furan rings is 1. The molecule has 1 aliphatic rings. The van der Waals surface area contributed by atoms with E-state index in [1.54, 1.807) is 28.0 Å². The molecule has 0 aliphatic carbocycles. The van der Waals surface area contributed by atoms with Gasteiger partial charge in [-0.15, -0.1) is 0 Å². The molecule has 0 N–H and O–H groups in total. The summed E-state index contributed by atoms with van der Waals surface area (Å²) in [5.41, 5.74) is 2.03. The van der Waals surface area contributed by atoms with Crippen LogP contribution in [0.15, 0.2) is 77.6 Å². The Morgan fingerprint density at radius 2 is 1.66 bits per heavy atom. The maximum absolute atomic E-state index is 14.0. The summed E-state index contributed by atoms with van der Waals surface area (Å²) in [5.74, 6) is -0.419. The highest BCUT2D eigenvalue weighted by atomic mass is 19.1. The molecule has 0 unspecified atom stereocenters. The van der Waals surface area contributed by atoms with Gasteiger partial charge < -0.3 is 19.1 Å². The lowest BCUT2D eigenvalue weighted by Crippen LogP contribution is -2.49. The van der Waals surface area contributed by atoms with E-state index < -0.39 is 0 Å². The van der Waals surface area contributed by atoms with E-state index in [0.717, 1.165) is 5.56 Å². The predicted octanol–water partition coefficient (Wildman–Crippen LogP) is 3.80. The fourth-order valence-corrected chi connectivity index (χ4v) is 3.92. The van der Waals surface area contributed by atoms with Crippen molar-refractivity contribution in [2.24, 2.45) is 0 Å². The van der Waals surface area contributed by atoms with E-state index in [-0.39, 0.29) is 24.1 Å². The quantitative estimate of drug-likeness (QED) is 0.567. The van der Waals surface area contributed by atoms with Gasteiger partial charge >= 0.3 is 0 Å². The SMILES string of the molecule is O=C(CCN(Cc1ccccc1)C(=O)c1ccoc1)N1CCN(c2ccccc2F)CC1. The molecule has 3 aromatic rings. The zero-order chi connectivity index (χ0) is 22.3. The number of nitrogens with zero attached hydrogens (tertiary/aromatic N) is 3. The lowest BCUT2D eigenvalue weighted by molar-refractivity contribution is -0.131. The highest BCUT2D eigenvalue weighted by molar-refractivity contribution is 5.94. The lowest BCUT2D eigenvalue weighted by Gasteiger charge is -2.36. The van der Waals surface area contributed by atoms with Crippen molar-refractivity contribution in [3.05, 3.63) is 90.1 Å². The van der Waals surface area contributed by atoms with Gasteiger partial charge in [-0.05, 0) is 23.8 Å². The molecule has 1 fully saturated rings. The first-order chi connectivity index (χ1) is 15.6. The number of rotatable bonds is 7. The van der Waals surface area contributed by atoms with Gasteiger partial charge in [0, 0.05) is 45.7 Å². The summed E-state index contributed by atoms with van der Waals surface area (Å²) >= 11 is 0. The molecule has 1 saturated heterocycles. The van der Waals surface area contributed by atoms with Crippen LogP contribution in [0.2, 0.25) is 0 Å². The maximum atomic E-state index is 14.0. The molecule has 4 rings (SSSR count). The van der Waals surface area contributed by atoms with Gasteiger partial charge in [0.2, 0.25) is 5.91 Å². The van der Waals surface area contributed by atoms with E-state index in [1.165, 1.54) is 18.6 Å². The second kappa shape index (κ2) is 10.1. The largest absolute Gasteiger partial charge is 0.472 e. The molecule has 1 aliphatic heterocycles. The maximum Gasteiger partial charge on any atom is 0.257 e. The van der Waals surface area contributed by atoms with E-state index in [0.29, 0.717) is 50.5 Å². The number of carbonyl (C=O) groups is 2. The molecule has 6 nitrogen and oxygen atoms in total. The molecule has 166 valence electrons. The van der Waals surface area contributed by atoms with Crippen LogP contribution in [0.5, 0.6) is 0 Å². The summed E-state index contributed by atoms with van der Waals surface area (Å²) in [6, 6.07) is 18.0. The monoisotopic (exact) mass is 435 g/mol. The van der Waals surface area contributed by atoms with Gasteiger partial charge in [-0.25, -0.2) is 4.39 Å². The van der Waals surface area contributed by atoms with Gasteiger partial charge in [0.25, 0.3) is 5.91 Å². The molecule has 2 heterocycles. The first-order valence-electron chi connectivity index (χ1n) is 10.7. The number of halogens is 1. The summed E-state index contributed by atoms with van der Waals surface area (Å²) in [6.07, 6.45) is 3.12. The second-order valence-corrected chi connectivity index (χ2v) is 7.79. The standard InChI is InChI=1S/C25H26FN3O3/c26-22-8-4-5-9-23(22)27-13-15-28(16-14-27)24(30)10-12-29(18-20-6-2-1-3-7-20)25(31)21-11-17-32-19-21/h1-9,11,17,19H,10,12-16,18H2. The molecule has 0 saturated carbocycles. The van der Waals surface area contributed by atoms with Crippen LogP contribution in [0.25, 0.3) is 0 Å². The molecule has 0 atom stereocenters. The van der Waals surface area contributed by atoms with Gasteiger partial charge in [-0.3, -0.25) is 9.59 Å². The summed E-state index contributed by atoms with van der Waals surface area (Å²) in [6.45, 7) is 2.94. The molecular formula is C25H26FN3O3. The Kier molecular flexibility index (Phi) is 6.84. The smallest absolute Gasteiger partial charge is 0.257 e. The van der Waals surface area contributed by atoms with Gasteiger partial charge in [-0.1, -0.05) is 42.5 Å². The first kappa shape index (κ1) is 21.6. The third-order valence-corrected chi connectivity index (χ3v) is 5.69. The van der Waals surface area contributed by atoms with Crippen molar-refractivity contribution in [1.29, 1.82) is 0 Å². The number of hydrogen-bond donors (Lipinski definition) is 0. The van der Waals surface area contributed by atoms with Crippen molar-refractivity contribution in [3.8, 4) is 0 Å². The number of piperazine rings is 1. The summed E-state index contributed by atoms with van der Waals surface area (Å²) in [4.78, 5) is 31.2. The minimum absolute atomic E-state index is 0.00348. The van der Waals surface area contributed by atoms with E-state index in [9.17, 15) is 14.0 Å². The lowest BCUT2D eigenvalue weighted by atomic mass is 10.1. The van der Waals surface area contributed by atoms with Crippen LogP contribution in [0.3, 0.4) is 0 Å². The van der Waals surface area contributed by atoms with Gasteiger partial charge in [0.05, 0.1) is 17.5 Å². The third-order valence-electron chi connectivity index (χ3n) is 5.69. The Bertz CT molecular complexity index is 1030. The predicted molar refractivity (Wildman–Crippen MR) is 120 cm³/mol. The van der Waals surface area contributed by atoms with E-state index in [1.807, 2.05) is 41.3 Å². The number of amides is 2. The normalized spacial score (nSPS) is 13.8. The zero-order valence-electron chi connectivity index (χ0n) is 17.8. The molecular weight excluding hydrogens is 409 g/mol. The molecule has 0 bridgehead atoms. The van der Waals surface area contributed by atoms with Crippen molar-refractivity contribution in [2.45, 2.75) is 13.0 Å². The second-order valence-electron chi connectivity index (χ2n) is 7.79. The van der Waals surface area contributed by atoms with E-state index in [4.69, 9.17) is 4.42 Å². The van der Waals surface area contributed by atoms with Crippen molar-refractivity contribution in [1.82, 2.24) is 9.80 Å². The Hall–Kier alpha value is -3.61. The van der Waals surface area contributed by atoms with Crippen LogP contribution in [0, 0.1) is 5.82 Å².